The van der Waals surface area contributed by atoms with E-state index < -0.39 is 11.6 Å². The van der Waals surface area contributed by atoms with Crippen molar-refractivity contribution in [1.82, 2.24) is 4.90 Å². The van der Waals surface area contributed by atoms with Gasteiger partial charge in [-0.1, -0.05) is 0 Å². The largest absolute Gasteiger partial charge is 0.508 e. The minimum Gasteiger partial charge on any atom is -0.508 e. The Kier molecular flexibility index (Phi) is 4.24. The van der Waals surface area contributed by atoms with E-state index in [4.69, 9.17) is 9.47 Å². The minimum absolute atomic E-state index is 0.0591. The third-order valence-electron chi connectivity index (χ3n) is 5.63. The van der Waals surface area contributed by atoms with E-state index in [0.717, 1.165) is 5.69 Å². The van der Waals surface area contributed by atoms with E-state index in [1.54, 1.807) is 30.3 Å². The van der Waals surface area contributed by atoms with Crippen molar-refractivity contribution in [1.29, 1.82) is 0 Å². The predicted molar refractivity (Wildman–Crippen MR) is 105 cm³/mol. The predicted octanol–water partition coefficient (Wildman–Crippen LogP) is 1.92. The first-order valence-electron chi connectivity index (χ1n) is 9.11. The normalized spacial score (nSPS) is 22.3. The zero-order valence-electron chi connectivity index (χ0n) is 16.4. The maximum Gasteiger partial charge on any atom is 0.180 e. The molecule has 4 rings (SSSR count). The van der Waals surface area contributed by atoms with E-state index >= 15 is 0 Å². The summed E-state index contributed by atoms with van der Waals surface area (Å²) in [5.74, 6) is -0.131. The smallest absolute Gasteiger partial charge is 0.180 e. The summed E-state index contributed by atoms with van der Waals surface area (Å²) in [6.07, 6.45) is 0. The number of carbonyl (C=O) groups is 1. The van der Waals surface area contributed by atoms with Crippen LogP contribution >= 0.6 is 0 Å². The van der Waals surface area contributed by atoms with Gasteiger partial charge in [0.15, 0.2) is 11.5 Å². The molecule has 0 bridgehead atoms. The molecule has 0 amide bonds. The number of phenolic OH excluding ortho intramolecular Hbond substituents is 1. The number of phenols is 1. The number of fused-ring (bicyclic) bond motifs is 5. The van der Waals surface area contributed by atoms with Gasteiger partial charge >= 0.3 is 0 Å². The standard InChI is InChI=1S/C21H24N2O5/c1-22(2)7-8-23-16-6-5-12(24)9-14(16)19-20(25)18-15(21(19,23)26)10-13(27-3)11-17(18)28-4/h5-6,9-11,19,24,26H,7-8H2,1-4H3. The summed E-state index contributed by atoms with van der Waals surface area (Å²) in [6.45, 7) is 1.18. The van der Waals surface area contributed by atoms with Crippen molar-refractivity contribution in [3.8, 4) is 17.2 Å². The number of rotatable bonds is 5. The number of ketones is 1. The first kappa shape index (κ1) is 18.6. The Morgan fingerprint density at radius 3 is 2.57 bits per heavy atom. The SMILES string of the molecule is COc1cc(OC)c2c(c1)C1(O)C(C2=O)c2cc(O)ccc2N1CCN(C)C. The molecule has 148 valence electrons. The Balaban J connectivity index is 1.96. The fourth-order valence-electron chi connectivity index (χ4n) is 4.35. The van der Waals surface area contributed by atoms with E-state index in [0.29, 0.717) is 41.3 Å². The highest BCUT2D eigenvalue weighted by molar-refractivity contribution is 6.11. The molecule has 2 atom stereocenters. The van der Waals surface area contributed by atoms with Crippen molar-refractivity contribution in [3.63, 3.8) is 0 Å². The van der Waals surface area contributed by atoms with Crippen LogP contribution < -0.4 is 14.4 Å². The lowest BCUT2D eigenvalue weighted by atomic mass is 9.91. The molecule has 7 heteroatoms. The number of aromatic hydroxyl groups is 1. The number of carbonyl (C=O) groups excluding carboxylic acids is 1. The molecule has 1 aliphatic heterocycles. The van der Waals surface area contributed by atoms with Gasteiger partial charge in [0.1, 0.15) is 23.2 Å². The molecular weight excluding hydrogens is 360 g/mol. The van der Waals surface area contributed by atoms with E-state index in [1.807, 2.05) is 23.9 Å². The number of methoxy groups -OCH3 is 2. The third-order valence-corrected chi connectivity index (χ3v) is 5.63. The molecule has 0 aromatic heterocycles. The average Bonchev–Trinajstić information content (AvgIpc) is 3.05. The molecule has 0 saturated carbocycles. The van der Waals surface area contributed by atoms with E-state index in [9.17, 15) is 15.0 Å². The molecule has 2 aliphatic rings. The van der Waals surface area contributed by atoms with Crippen LogP contribution in [-0.4, -0.2) is 62.3 Å². The van der Waals surface area contributed by atoms with Gasteiger partial charge in [-0.3, -0.25) is 4.79 Å². The summed E-state index contributed by atoms with van der Waals surface area (Å²) in [6, 6.07) is 8.23. The molecule has 1 heterocycles. The average molecular weight is 384 g/mol. The zero-order chi connectivity index (χ0) is 20.2. The van der Waals surface area contributed by atoms with Crippen molar-refractivity contribution in [2.24, 2.45) is 0 Å². The molecule has 2 aromatic carbocycles. The number of benzene rings is 2. The summed E-state index contributed by atoms with van der Waals surface area (Å²) in [4.78, 5) is 17.3. The van der Waals surface area contributed by atoms with Crippen LogP contribution in [0.2, 0.25) is 0 Å². The van der Waals surface area contributed by atoms with Crippen LogP contribution in [-0.2, 0) is 5.72 Å². The molecule has 0 fully saturated rings. The van der Waals surface area contributed by atoms with Crippen molar-refractivity contribution < 1.29 is 24.5 Å². The molecule has 2 aromatic rings. The molecule has 0 spiro atoms. The molecular formula is C21H24N2O5. The summed E-state index contributed by atoms with van der Waals surface area (Å²) < 4.78 is 10.8. The van der Waals surface area contributed by atoms with Gasteiger partial charge in [0.25, 0.3) is 0 Å². The van der Waals surface area contributed by atoms with Gasteiger partial charge in [0.05, 0.1) is 19.8 Å². The van der Waals surface area contributed by atoms with Crippen molar-refractivity contribution in [2.75, 3.05) is 46.3 Å². The van der Waals surface area contributed by atoms with Crippen LogP contribution in [0.1, 0.15) is 27.4 Å². The van der Waals surface area contributed by atoms with Crippen LogP contribution in [0.25, 0.3) is 0 Å². The van der Waals surface area contributed by atoms with Gasteiger partial charge in [-0.05, 0) is 43.9 Å². The van der Waals surface area contributed by atoms with Crippen molar-refractivity contribution >= 4 is 11.5 Å². The Morgan fingerprint density at radius 1 is 1.18 bits per heavy atom. The Morgan fingerprint density at radius 2 is 1.93 bits per heavy atom. The lowest BCUT2D eigenvalue weighted by Gasteiger charge is -2.36. The Hall–Kier alpha value is -2.77. The molecule has 2 N–H and O–H groups in total. The quantitative estimate of drug-likeness (QED) is 0.815. The van der Waals surface area contributed by atoms with Gasteiger partial charge in [-0.25, -0.2) is 0 Å². The highest BCUT2D eigenvalue weighted by atomic mass is 16.5. The molecule has 0 saturated heterocycles. The van der Waals surface area contributed by atoms with E-state index in [1.165, 1.54) is 14.2 Å². The maximum absolute atomic E-state index is 13.4. The number of hydrogen-bond acceptors (Lipinski definition) is 7. The van der Waals surface area contributed by atoms with Crippen molar-refractivity contribution in [3.05, 3.63) is 47.0 Å². The highest BCUT2D eigenvalue weighted by Gasteiger charge is 2.61. The molecule has 2 unspecified atom stereocenters. The molecule has 0 radical (unpaired) electrons. The van der Waals surface area contributed by atoms with Gasteiger partial charge < -0.3 is 29.5 Å². The summed E-state index contributed by atoms with van der Waals surface area (Å²) in [5, 5.41) is 22.0. The number of aliphatic hydroxyl groups is 1. The van der Waals surface area contributed by atoms with Crippen LogP contribution in [0, 0.1) is 0 Å². The van der Waals surface area contributed by atoms with Crippen LogP contribution in [0.15, 0.2) is 30.3 Å². The van der Waals surface area contributed by atoms with Gasteiger partial charge in [0.2, 0.25) is 0 Å². The number of hydrogen-bond donors (Lipinski definition) is 2. The fraction of sp³-hybridized carbons (Fsp3) is 0.381. The monoisotopic (exact) mass is 384 g/mol. The number of Topliss-reactive ketones (excluding diaryl/α,β-unsaturated/α-hetero) is 1. The number of ether oxygens (including phenoxy) is 2. The number of nitrogens with zero attached hydrogens (tertiary/aromatic N) is 2. The second kappa shape index (κ2) is 6.39. The fourth-order valence-corrected chi connectivity index (χ4v) is 4.35. The van der Waals surface area contributed by atoms with Gasteiger partial charge in [-0.15, -0.1) is 0 Å². The van der Waals surface area contributed by atoms with Gasteiger partial charge in [0, 0.05) is 30.4 Å². The second-order valence-corrected chi connectivity index (χ2v) is 7.47. The summed E-state index contributed by atoms with van der Waals surface area (Å²) in [5.41, 5.74) is 0.615. The van der Waals surface area contributed by atoms with Crippen LogP contribution in [0.5, 0.6) is 17.2 Å². The lowest BCUT2D eigenvalue weighted by Crippen LogP contribution is -2.47. The molecule has 1 aliphatic carbocycles. The zero-order valence-corrected chi connectivity index (χ0v) is 16.4. The van der Waals surface area contributed by atoms with E-state index in [2.05, 4.69) is 0 Å². The second-order valence-electron chi connectivity index (χ2n) is 7.47. The molecule has 7 nitrogen and oxygen atoms in total. The number of likely N-dealkylation sites (N-methyl/N-ethyl adjacent to an activating group) is 1. The van der Waals surface area contributed by atoms with Crippen molar-refractivity contribution in [2.45, 2.75) is 11.6 Å². The van der Waals surface area contributed by atoms with Crippen LogP contribution in [0.4, 0.5) is 5.69 Å². The summed E-state index contributed by atoms with van der Waals surface area (Å²) >= 11 is 0. The molecule has 28 heavy (non-hydrogen) atoms. The maximum atomic E-state index is 13.4. The lowest BCUT2D eigenvalue weighted by molar-refractivity contribution is 0.0247. The van der Waals surface area contributed by atoms with Crippen LogP contribution in [0.3, 0.4) is 0 Å². The third kappa shape index (κ3) is 2.40. The first-order chi connectivity index (χ1) is 13.3. The minimum atomic E-state index is -1.57. The Labute approximate surface area is 163 Å². The first-order valence-corrected chi connectivity index (χ1v) is 9.11. The topological polar surface area (TPSA) is 82.5 Å². The highest BCUT2D eigenvalue weighted by Crippen LogP contribution is 2.60. The van der Waals surface area contributed by atoms with E-state index in [-0.39, 0.29) is 11.5 Å². The van der Waals surface area contributed by atoms with Gasteiger partial charge in [-0.2, -0.15) is 0 Å². The Bertz CT molecular complexity index is 958. The number of anilines is 1. The summed E-state index contributed by atoms with van der Waals surface area (Å²) in [7, 11) is 6.93.